The number of halogens is 1. The second-order valence-electron chi connectivity index (χ2n) is 12.7. The number of hydrogen-bond acceptors (Lipinski definition) is 1. The van der Waals surface area contributed by atoms with E-state index in [0.717, 1.165) is 42.4 Å². The van der Waals surface area contributed by atoms with Gasteiger partial charge in [-0.15, -0.1) is 11.6 Å². The Morgan fingerprint density at radius 2 is 1.66 bits per heavy atom. The predicted molar refractivity (Wildman–Crippen MR) is 124 cm³/mol. The Balaban J connectivity index is 1.52. The van der Waals surface area contributed by atoms with E-state index in [2.05, 4.69) is 34.6 Å². The quantitative estimate of drug-likeness (QED) is 0.447. The van der Waals surface area contributed by atoms with Crippen LogP contribution in [0.3, 0.4) is 0 Å². The summed E-state index contributed by atoms with van der Waals surface area (Å²) in [6.45, 7) is 12.4. The Morgan fingerprint density at radius 1 is 0.897 bits per heavy atom. The molecule has 1 unspecified atom stereocenters. The van der Waals surface area contributed by atoms with Crippen LogP contribution in [0.5, 0.6) is 0 Å². The number of rotatable bonds is 5. The molecule has 4 aliphatic carbocycles. The summed E-state index contributed by atoms with van der Waals surface area (Å²) in [7, 11) is 0. The van der Waals surface area contributed by atoms with Gasteiger partial charge in [0.1, 0.15) is 0 Å². The third-order valence-corrected chi connectivity index (χ3v) is 11.8. The minimum atomic E-state index is -0.0500. The molecule has 4 saturated carbocycles. The van der Waals surface area contributed by atoms with E-state index in [1.807, 2.05) is 0 Å². The standard InChI is InChI=1S/C27H47ClO/c1-18(2)7-6-8-19(3)22-13-16-27(28)24-10-9-20-17-21(29)11-14-25(20,4)23(24)12-15-26(22,27)5/h18-24,29H,6-17H2,1-5H3/t19-,20+,21?,22-,23+,24-,25+,26-,27+/m1/s1. The Labute approximate surface area is 185 Å². The van der Waals surface area contributed by atoms with Crippen LogP contribution in [0.4, 0.5) is 0 Å². The normalized spacial score (nSPS) is 50.7. The lowest BCUT2D eigenvalue weighted by Gasteiger charge is -2.63. The Bertz CT molecular complexity index is 589. The monoisotopic (exact) mass is 422 g/mol. The van der Waals surface area contributed by atoms with E-state index in [4.69, 9.17) is 11.6 Å². The Morgan fingerprint density at radius 3 is 2.38 bits per heavy atom. The Kier molecular flexibility index (Phi) is 6.18. The maximum Gasteiger partial charge on any atom is 0.0543 e. The van der Waals surface area contributed by atoms with Crippen molar-refractivity contribution in [2.75, 3.05) is 0 Å². The van der Waals surface area contributed by atoms with Crippen LogP contribution in [0.1, 0.15) is 112 Å². The summed E-state index contributed by atoms with van der Waals surface area (Å²) in [4.78, 5) is 0.0247. The van der Waals surface area contributed by atoms with E-state index < -0.39 is 0 Å². The fourth-order valence-corrected chi connectivity index (χ4v) is 9.76. The molecule has 9 atom stereocenters. The zero-order valence-corrected chi connectivity index (χ0v) is 20.6. The third kappa shape index (κ3) is 3.53. The molecule has 0 radical (unpaired) electrons. The molecule has 0 aromatic carbocycles. The van der Waals surface area contributed by atoms with Crippen molar-refractivity contribution < 1.29 is 5.11 Å². The number of hydrogen-bond donors (Lipinski definition) is 1. The maximum absolute atomic E-state index is 10.3. The van der Waals surface area contributed by atoms with Crippen molar-refractivity contribution in [2.24, 2.45) is 46.3 Å². The van der Waals surface area contributed by atoms with Crippen molar-refractivity contribution in [1.82, 2.24) is 0 Å². The summed E-state index contributed by atoms with van der Waals surface area (Å²) in [6, 6.07) is 0. The maximum atomic E-state index is 10.3. The van der Waals surface area contributed by atoms with Crippen LogP contribution in [-0.2, 0) is 0 Å². The van der Waals surface area contributed by atoms with Crippen LogP contribution in [0.15, 0.2) is 0 Å². The summed E-state index contributed by atoms with van der Waals surface area (Å²) in [5, 5.41) is 10.3. The minimum Gasteiger partial charge on any atom is -0.393 e. The molecular formula is C27H47ClO. The van der Waals surface area contributed by atoms with Crippen molar-refractivity contribution >= 4 is 11.6 Å². The molecule has 0 amide bonds. The molecule has 0 spiro atoms. The molecular weight excluding hydrogens is 376 g/mol. The first-order chi connectivity index (χ1) is 13.6. The highest BCUT2D eigenvalue weighted by atomic mass is 35.5. The van der Waals surface area contributed by atoms with E-state index in [1.165, 1.54) is 64.2 Å². The summed E-state index contributed by atoms with van der Waals surface area (Å²) < 4.78 is 0. The van der Waals surface area contributed by atoms with E-state index in [0.29, 0.717) is 16.7 Å². The fraction of sp³-hybridized carbons (Fsp3) is 1.00. The number of aliphatic hydroxyl groups is 1. The van der Waals surface area contributed by atoms with Gasteiger partial charge in [0.2, 0.25) is 0 Å². The summed E-state index contributed by atoms with van der Waals surface area (Å²) in [5.41, 5.74) is 0.747. The first kappa shape index (κ1) is 22.4. The van der Waals surface area contributed by atoms with E-state index in [-0.39, 0.29) is 11.0 Å². The molecule has 0 saturated heterocycles. The average molecular weight is 423 g/mol. The van der Waals surface area contributed by atoms with Gasteiger partial charge in [0.05, 0.1) is 11.0 Å². The highest BCUT2D eigenvalue weighted by Gasteiger charge is 2.67. The van der Waals surface area contributed by atoms with Gasteiger partial charge in [-0.05, 0) is 104 Å². The SMILES string of the molecule is CC(C)CCC[C@@H](C)[C@H]1CC[C@]2(Cl)[C@@H]3CC[C@H]4CC(O)CC[C@]4(C)[C@H]3CC[C@]12C. The highest BCUT2D eigenvalue weighted by molar-refractivity contribution is 6.25. The second-order valence-corrected chi connectivity index (χ2v) is 13.4. The molecule has 0 aliphatic heterocycles. The predicted octanol–water partition coefficient (Wildman–Crippen LogP) is 7.83. The average Bonchev–Trinajstić information content (AvgIpc) is 2.93. The first-order valence-electron chi connectivity index (χ1n) is 13.0. The molecule has 1 N–H and O–H groups in total. The molecule has 168 valence electrons. The van der Waals surface area contributed by atoms with E-state index in [9.17, 15) is 5.11 Å². The lowest BCUT2D eigenvalue weighted by molar-refractivity contribution is -0.120. The molecule has 2 heteroatoms. The number of alkyl halides is 1. The van der Waals surface area contributed by atoms with Gasteiger partial charge in [-0.25, -0.2) is 0 Å². The number of aliphatic hydroxyl groups excluding tert-OH is 1. The van der Waals surface area contributed by atoms with E-state index in [1.54, 1.807) is 0 Å². The van der Waals surface area contributed by atoms with Crippen molar-refractivity contribution in [3.63, 3.8) is 0 Å². The second kappa shape index (κ2) is 7.99. The molecule has 4 aliphatic rings. The van der Waals surface area contributed by atoms with Gasteiger partial charge >= 0.3 is 0 Å². The molecule has 1 nitrogen and oxygen atoms in total. The van der Waals surface area contributed by atoms with Gasteiger partial charge < -0.3 is 5.11 Å². The molecule has 4 rings (SSSR count). The van der Waals surface area contributed by atoms with Gasteiger partial charge in [-0.2, -0.15) is 0 Å². The van der Waals surface area contributed by atoms with Crippen LogP contribution in [-0.4, -0.2) is 16.1 Å². The molecule has 29 heavy (non-hydrogen) atoms. The van der Waals surface area contributed by atoms with Crippen LogP contribution < -0.4 is 0 Å². The zero-order chi connectivity index (χ0) is 21.0. The van der Waals surface area contributed by atoms with Gasteiger partial charge in [0.25, 0.3) is 0 Å². The van der Waals surface area contributed by atoms with Crippen LogP contribution >= 0.6 is 11.6 Å². The zero-order valence-electron chi connectivity index (χ0n) is 19.9. The third-order valence-electron chi connectivity index (χ3n) is 10.9. The number of fused-ring (bicyclic) bond motifs is 5. The van der Waals surface area contributed by atoms with Crippen molar-refractivity contribution in [3.8, 4) is 0 Å². The minimum absolute atomic E-state index is 0.0247. The topological polar surface area (TPSA) is 20.2 Å². The van der Waals surface area contributed by atoms with Crippen molar-refractivity contribution in [1.29, 1.82) is 0 Å². The largest absolute Gasteiger partial charge is 0.393 e. The first-order valence-corrected chi connectivity index (χ1v) is 13.4. The van der Waals surface area contributed by atoms with Gasteiger partial charge in [0.15, 0.2) is 0 Å². The fourth-order valence-electron chi connectivity index (χ4n) is 9.15. The van der Waals surface area contributed by atoms with Gasteiger partial charge in [0, 0.05) is 0 Å². The smallest absolute Gasteiger partial charge is 0.0543 e. The molecule has 0 aromatic heterocycles. The molecule has 4 fully saturated rings. The summed E-state index contributed by atoms with van der Waals surface area (Å²) in [6.07, 6.45) is 15.3. The molecule has 0 aromatic rings. The summed E-state index contributed by atoms with van der Waals surface area (Å²) in [5.74, 6) is 4.67. The van der Waals surface area contributed by atoms with Crippen molar-refractivity contribution in [2.45, 2.75) is 123 Å². The van der Waals surface area contributed by atoms with Gasteiger partial charge in [-0.1, -0.05) is 53.9 Å². The Hall–Kier alpha value is 0.250. The lowest BCUT2D eigenvalue weighted by atomic mass is 9.44. The van der Waals surface area contributed by atoms with Crippen LogP contribution in [0, 0.1) is 46.3 Å². The highest BCUT2D eigenvalue weighted by Crippen LogP contribution is 2.72. The van der Waals surface area contributed by atoms with Gasteiger partial charge in [-0.3, -0.25) is 0 Å². The summed E-state index contributed by atoms with van der Waals surface area (Å²) >= 11 is 7.78. The van der Waals surface area contributed by atoms with Crippen LogP contribution in [0.25, 0.3) is 0 Å². The van der Waals surface area contributed by atoms with E-state index >= 15 is 0 Å². The van der Waals surface area contributed by atoms with Crippen LogP contribution in [0.2, 0.25) is 0 Å². The lowest BCUT2D eigenvalue weighted by Crippen LogP contribution is -2.60. The molecule has 0 bridgehead atoms. The van der Waals surface area contributed by atoms with Crippen molar-refractivity contribution in [3.05, 3.63) is 0 Å². The molecule has 0 heterocycles.